The summed E-state index contributed by atoms with van der Waals surface area (Å²) in [5.74, 6) is -1.18. The first-order chi connectivity index (χ1) is 15.9. The molecule has 1 heterocycles. The predicted molar refractivity (Wildman–Crippen MR) is 124 cm³/mol. The molecule has 0 spiro atoms. The summed E-state index contributed by atoms with van der Waals surface area (Å²) in [6.45, 7) is 0.545. The van der Waals surface area contributed by atoms with Crippen molar-refractivity contribution in [2.75, 3.05) is 24.5 Å². The van der Waals surface area contributed by atoms with Crippen molar-refractivity contribution in [1.82, 2.24) is 4.90 Å². The molecule has 1 aliphatic heterocycles. The number of carbonyl (C=O) groups excluding carboxylic acids is 2. The Morgan fingerprint density at radius 2 is 1.55 bits per heavy atom. The number of ether oxygens (including phenoxy) is 1. The van der Waals surface area contributed by atoms with E-state index in [1.165, 1.54) is 24.7 Å². The number of amides is 1. The van der Waals surface area contributed by atoms with E-state index in [0.717, 1.165) is 16.3 Å². The van der Waals surface area contributed by atoms with Gasteiger partial charge in [-0.3, -0.25) is 9.10 Å². The Kier molecular flexibility index (Phi) is 6.46. The number of sulfonamides is 1. The number of esters is 1. The third-order valence-electron chi connectivity index (χ3n) is 5.68. The minimum absolute atomic E-state index is 0.114. The summed E-state index contributed by atoms with van der Waals surface area (Å²) in [5.41, 5.74) is 2.63. The fourth-order valence-corrected chi connectivity index (χ4v) is 5.16. The number of nitrogens with zero attached hydrogens (tertiary/aromatic N) is 2. The van der Waals surface area contributed by atoms with E-state index in [-0.39, 0.29) is 16.4 Å². The summed E-state index contributed by atoms with van der Waals surface area (Å²) in [6, 6.07) is 22.3. The first-order valence-corrected chi connectivity index (χ1v) is 12.0. The van der Waals surface area contributed by atoms with Crippen molar-refractivity contribution in [1.29, 1.82) is 0 Å². The van der Waals surface area contributed by atoms with Crippen LogP contribution >= 0.6 is 0 Å². The SMILES string of the molecule is CN(c1ccccc1)S(=O)(=O)c1ccccc1C(=O)OCC(=O)N1CCc2ccccc2C1. The molecule has 33 heavy (non-hydrogen) atoms. The van der Waals surface area contributed by atoms with Crippen LogP contribution in [0.4, 0.5) is 5.69 Å². The first kappa shape index (κ1) is 22.5. The lowest BCUT2D eigenvalue weighted by atomic mass is 10.00. The highest BCUT2D eigenvalue weighted by atomic mass is 32.2. The fraction of sp³-hybridized carbons (Fsp3) is 0.200. The van der Waals surface area contributed by atoms with Gasteiger partial charge in [-0.2, -0.15) is 0 Å². The van der Waals surface area contributed by atoms with Crippen LogP contribution in [-0.2, 0) is 32.5 Å². The molecule has 4 rings (SSSR count). The molecule has 0 aromatic heterocycles. The lowest BCUT2D eigenvalue weighted by Gasteiger charge is -2.28. The van der Waals surface area contributed by atoms with Crippen molar-refractivity contribution in [3.05, 3.63) is 95.6 Å². The molecular formula is C25H24N2O5S. The fourth-order valence-electron chi connectivity index (χ4n) is 3.79. The summed E-state index contributed by atoms with van der Waals surface area (Å²) < 4.78 is 32.8. The van der Waals surface area contributed by atoms with Crippen molar-refractivity contribution in [3.8, 4) is 0 Å². The molecule has 1 amide bonds. The number of benzene rings is 3. The van der Waals surface area contributed by atoms with E-state index >= 15 is 0 Å². The molecule has 0 aliphatic carbocycles. The van der Waals surface area contributed by atoms with Crippen molar-refractivity contribution in [2.45, 2.75) is 17.9 Å². The molecule has 7 nitrogen and oxygen atoms in total. The Hall–Kier alpha value is -3.65. The van der Waals surface area contributed by atoms with Gasteiger partial charge < -0.3 is 9.64 Å². The zero-order valence-electron chi connectivity index (χ0n) is 18.2. The van der Waals surface area contributed by atoms with Gasteiger partial charge in [0.25, 0.3) is 15.9 Å². The second-order valence-electron chi connectivity index (χ2n) is 7.71. The number of fused-ring (bicyclic) bond motifs is 1. The van der Waals surface area contributed by atoms with Gasteiger partial charge in [-0.25, -0.2) is 13.2 Å². The van der Waals surface area contributed by atoms with E-state index in [0.29, 0.717) is 18.8 Å². The number of rotatable bonds is 6. The number of carbonyl (C=O) groups is 2. The summed E-state index contributed by atoms with van der Waals surface area (Å²) >= 11 is 0. The van der Waals surface area contributed by atoms with E-state index in [1.807, 2.05) is 24.3 Å². The van der Waals surface area contributed by atoms with Crippen LogP contribution in [0.1, 0.15) is 21.5 Å². The largest absolute Gasteiger partial charge is 0.452 e. The van der Waals surface area contributed by atoms with E-state index < -0.39 is 22.6 Å². The van der Waals surface area contributed by atoms with Gasteiger partial charge in [-0.15, -0.1) is 0 Å². The first-order valence-electron chi connectivity index (χ1n) is 10.5. The highest BCUT2D eigenvalue weighted by Crippen LogP contribution is 2.25. The number of anilines is 1. The lowest BCUT2D eigenvalue weighted by Crippen LogP contribution is -2.38. The highest BCUT2D eigenvalue weighted by molar-refractivity contribution is 7.92. The maximum absolute atomic E-state index is 13.2. The predicted octanol–water partition coefficient (Wildman–Crippen LogP) is 3.25. The van der Waals surface area contributed by atoms with Gasteiger partial charge in [0.2, 0.25) is 0 Å². The Balaban J connectivity index is 1.47. The molecule has 0 unspecified atom stereocenters. The maximum Gasteiger partial charge on any atom is 0.340 e. The van der Waals surface area contributed by atoms with Crippen molar-refractivity contribution >= 4 is 27.6 Å². The molecule has 1 aliphatic rings. The van der Waals surface area contributed by atoms with Crippen LogP contribution in [0.25, 0.3) is 0 Å². The highest BCUT2D eigenvalue weighted by Gasteiger charge is 2.28. The molecule has 8 heteroatoms. The molecule has 170 valence electrons. The minimum atomic E-state index is -4.02. The van der Waals surface area contributed by atoms with E-state index in [9.17, 15) is 18.0 Å². The van der Waals surface area contributed by atoms with E-state index in [1.54, 1.807) is 47.4 Å². The average Bonchev–Trinajstić information content (AvgIpc) is 2.86. The zero-order chi connectivity index (χ0) is 23.4. The summed E-state index contributed by atoms with van der Waals surface area (Å²) in [5, 5.41) is 0. The monoisotopic (exact) mass is 464 g/mol. The van der Waals surface area contributed by atoms with Crippen LogP contribution in [0.15, 0.2) is 83.8 Å². The maximum atomic E-state index is 13.2. The molecule has 0 fully saturated rings. The molecule has 0 N–H and O–H groups in total. The van der Waals surface area contributed by atoms with E-state index in [4.69, 9.17) is 4.74 Å². The number of hydrogen-bond acceptors (Lipinski definition) is 5. The van der Waals surface area contributed by atoms with Crippen LogP contribution in [0.2, 0.25) is 0 Å². The molecule has 0 saturated carbocycles. The van der Waals surface area contributed by atoms with E-state index in [2.05, 4.69) is 0 Å². The zero-order valence-corrected chi connectivity index (χ0v) is 19.0. The van der Waals surface area contributed by atoms with Gasteiger partial charge in [0, 0.05) is 20.1 Å². The minimum Gasteiger partial charge on any atom is -0.452 e. The normalized spacial score (nSPS) is 13.2. The van der Waals surface area contributed by atoms with Crippen molar-refractivity contribution in [2.24, 2.45) is 0 Å². The van der Waals surface area contributed by atoms with Crippen LogP contribution in [0, 0.1) is 0 Å². The van der Waals surface area contributed by atoms with Crippen molar-refractivity contribution < 1.29 is 22.7 Å². The van der Waals surface area contributed by atoms with Gasteiger partial charge in [-0.05, 0) is 41.8 Å². The second-order valence-corrected chi connectivity index (χ2v) is 9.65. The number of hydrogen-bond donors (Lipinski definition) is 0. The quantitative estimate of drug-likeness (QED) is 0.523. The molecule has 3 aromatic carbocycles. The smallest absolute Gasteiger partial charge is 0.340 e. The molecule has 0 atom stereocenters. The van der Waals surface area contributed by atoms with Crippen LogP contribution < -0.4 is 4.31 Å². The molecule has 3 aromatic rings. The molecular weight excluding hydrogens is 440 g/mol. The van der Waals surface area contributed by atoms with Crippen LogP contribution in [-0.4, -0.2) is 45.4 Å². The molecule has 0 radical (unpaired) electrons. The number of para-hydroxylation sites is 1. The van der Waals surface area contributed by atoms with Gasteiger partial charge in [0.05, 0.1) is 11.3 Å². The molecule has 0 bridgehead atoms. The Morgan fingerprint density at radius 1 is 0.909 bits per heavy atom. The van der Waals surface area contributed by atoms with Gasteiger partial charge in [-0.1, -0.05) is 54.6 Å². The van der Waals surface area contributed by atoms with Crippen molar-refractivity contribution in [3.63, 3.8) is 0 Å². The Morgan fingerprint density at radius 3 is 2.30 bits per heavy atom. The summed E-state index contributed by atoms with van der Waals surface area (Å²) in [6.07, 6.45) is 0.739. The van der Waals surface area contributed by atoms with Gasteiger partial charge >= 0.3 is 5.97 Å². The standard InChI is InChI=1S/C25H24N2O5S/c1-26(21-11-3-2-4-12-21)33(30,31)23-14-8-7-13-22(23)25(29)32-18-24(28)27-16-15-19-9-5-6-10-20(19)17-27/h2-14H,15-18H2,1H3. The topological polar surface area (TPSA) is 84.0 Å². The summed E-state index contributed by atoms with van der Waals surface area (Å²) in [7, 11) is -2.60. The third-order valence-corrected chi connectivity index (χ3v) is 7.52. The van der Waals surface area contributed by atoms with Gasteiger partial charge in [0.15, 0.2) is 6.61 Å². The molecule has 0 saturated heterocycles. The Labute approximate surface area is 193 Å². The van der Waals surface area contributed by atoms with Gasteiger partial charge in [0.1, 0.15) is 4.90 Å². The average molecular weight is 465 g/mol. The van der Waals surface area contributed by atoms with Crippen LogP contribution in [0.5, 0.6) is 0 Å². The third kappa shape index (κ3) is 4.75. The Bertz CT molecular complexity index is 1270. The van der Waals surface area contributed by atoms with Crippen LogP contribution in [0.3, 0.4) is 0 Å². The lowest BCUT2D eigenvalue weighted by molar-refractivity contribution is -0.135. The second kappa shape index (κ2) is 9.46. The summed E-state index contributed by atoms with van der Waals surface area (Å²) in [4.78, 5) is 26.9.